The number of hydrogen-bond donors (Lipinski definition) is 1. The highest BCUT2D eigenvalue weighted by molar-refractivity contribution is 5.85. The van der Waals surface area contributed by atoms with Gasteiger partial charge in [0.2, 0.25) is 11.8 Å². The van der Waals surface area contributed by atoms with Crippen molar-refractivity contribution in [2.45, 2.75) is 44.1 Å². The van der Waals surface area contributed by atoms with Crippen molar-refractivity contribution in [2.24, 2.45) is 5.92 Å². The van der Waals surface area contributed by atoms with E-state index in [2.05, 4.69) is 5.32 Å². The van der Waals surface area contributed by atoms with Crippen LogP contribution in [-0.2, 0) is 9.59 Å². The van der Waals surface area contributed by atoms with E-state index in [-0.39, 0.29) is 30.1 Å². The van der Waals surface area contributed by atoms with E-state index >= 15 is 0 Å². The second kappa shape index (κ2) is 7.30. The van der Waals surface area contributed by atoms with E-state index in [1.807, 2.05) is 4.90 Å². The van der Waals surface area contributed by atoms with Gasteiger partial charge < -0.3 is 9.80 Å². The first-order valence-corrected chi connectivity index (χ1v) is 8.15. The molecule has 0 aliphatic carbocycles. The molecule has 0 radical (unpaired) electrons. The first kappa shape index (κ1) is 18.4. The monoisotopic (exact) mass is 351 g/mol. The van der Waals surface area contributed by atoms with Crippen LogP contribution in [0.2, 0.25) is 0 Å². The number of nitrogens with one attached hydrogen (secondary N) is 1. The zero-order valence-electron chi connectivity index (χ0n) is 13.1. The van der Waals surface area contributed by atoms with Crippen molar-refractivity contribution in [1.82, 2.24) is 15.1 Å². The molecule has 1 N–H and O–H groups in total. The Labute approximate surface area is 141 Å². The van der Waals surface area contributed by atoms with Gasteiger partial charge in [-0.05, 0) is 25.7 Å². The van der Waals surface area contributed by atoms with Crippen LogP contribution >= 0.6 is 12.4 Å². The smallest absolute Gasteiger partial charge is 0.262 e. The molecule has 0 aromatic heterocycles. The van der Waals surface area contributed by atoms with Crippen molar-refractivity contribution < 1.29 is 18.4 Å². The average molecular weight is 352 g/mol. The van der Waals surface area contributed by atoms with Crippen LogP contribution < -0.4 is 5.32 Å². The van der Waals surface area contributed by atoms with Gasteiger partial charge in [-0.25, -0.2) is 8.78 Å². The molecule has 0 bridgehead atoms. The van der Waals surface area contributed by atoms with Crippen LogP contribution in [0.5, 0.6) is 0 Å². The molecule has 3 saturated heterocycles. The number of carbonyl (C=O) groups excluding carboxylic acids is 2. The van der Waals surface area contributed by atoms with Gasteiger partial charge >= 0.3 is 0 Å². The topological polar surface area (TPSA) is 52.7 Å². The second-order valence-corrected chi connectivity index (χ2v) is 6.65. The third-order valence-electron chi connectivity index (χ3n) is 4.91. The molecule has 3 heterocycles. The number of likely N-dealkylation sites (tertiary alicyclic amines) is 2. The maximum atomic E-state index is 13.2. The molecule has 0 aromatic rings. The number of nitrogens with zero attached hydrogens (tertiary/aromatic N) is 2. The highest BCUT2D eigenvalue weighted by atomic mass is 35.5. The fraction of sp³-hybridized carbons (Fsp3) is 0.867. The summed E-state index contributed by atoms with van der Waals surface area (Å²) in [5.41, 5.74) is 0. The molecule has 3 rings (SSSR count). The SMILES string of the molecule is Cl.O=C(C1CCCN(C(=O)C2CC(F)(F)CN2)C1)N1CCCC1. The van der Waals surface area contributed by atoms with E-state index in [1.165, 1.54) is 0 Å². The Balaban J connectivity index is 0.00000192. The van der Waals surface area contributed by atoms with Gasteiger partial charge in [0.15, 0.2) is 0 Å². The van der Waals surface area contributed by atoms with Gasteiger partial charge in [-0.1, -0.05) is 0 Å². The predicted molar refractivity (Wildman–Crippen MR) is 83.7 cm³/mol. The lowest BCUT2D eigenvalue weighted by atomic mass is 9.95. The summed E-state index contributed by atoms with van der Waals surface area (Å²) in [6.45, 7) is 2.11. The van der Waals surface area contributed by atoms with E-state index in [0.717, 1.165) is 38.8 Å². The number of piperidine rings is 1. The van der Waals surface area contributed by atoms with Crippen molar-refractivity contribution in [3.63, 3.8) is 0 Å². The average Bonchev–Trinajstić information content (AvgIpc) is 3.15. The van der Waals surface area contributed by atoms with Crippen molar-refractivity contribution in [3.05, 3.63) is 0 Å². The third-order valence-corrected chi connectivity index (χ3v) is 4.91. The molecule has 23 heavy (non-hydrogen) atoms. The van der Waals surface area contributed by atoms with Crippen LogP contribution in [-0.4, -0.2) is 66.3 Å². The minimum atomic E-state index is -2.80. The minimum Gasteiger partial charge on any atom is -0.342 e. The lowest BCUT2D eigenvalue weighted by Gasteiger charge is -2.35. The Morgan fingerprint density at radius 3 is 2.26 bits per heavy atom. The Hall–Kier alpha value is -0.950. The Bertz CT molecular complexity index is 458. The molecular formula is C15H24ClF2N3O2. The van der Waals surface area contributed by atoms with Gasteiger partial charge in [0.05, 0.1) is 18.5 Å². The summed E-state index contributed by atoms with van der Waals surface area (Å²) < 4.78 is 26.5. The highest BCUT2D eigenvalue weighted by Crippen LogP contribution is 2.28. The minimum absolute atomic E-state index is 0. The van der Waals surface area contributed by atoms with Crippen LogP contribution in [0.15, 0.2) is 0 Å². The number of amides is 2. The zero-order chi connectivity index (χ0) is 15.7. The molecule has 132 valence electrons. The predicted octanol–water partition coefficient (Wildman–Crippen LogP) is 1.27. The van der Waals surface area contributed by atoms with Crippen LogP contribution in [0.3, 0.4) is 0 Å². The first-order chi connectivity index (χ1) is 10.5. The summed E-state index contributed by atoms with van der Waals surface area (Å²) in [6.07, 6.45) is 3.20. The van der Waals surface area contributed by atoms with Crippen molar-refractivity contribution in [3.8, 4) is 0 Å². The maximum Gasteiger partial charge on any atom is 0.262 e. The highest BCUT2D eigenvalue weighted by Gasteiger charge is 2.44. The van der Waals surface area contributed by atoms with E-state index < -0.39 is 24.9 Å². The standard InChI is InChI=1S/C15H23F2N3O2.ClH/c16-15(17)8-12(18-10-15)14(22)20-7-3-4-11(9-20)13(21)19-5-1-2-6-19;/h11-12,18H,1-10H2;1H. The molecule has 2 atom stereocenters. The summed E-state index contributed by atoms with van der Waals surface area (Å²) in [4.78, 5) is 28.3. The summed E-state index contributed by atoms with van der Waals surface area (Å²) >= 11 is 0. The molecule has 2 unspecified atom stereocenters. The van der Waals surface area contributed by atoms with Crippen LogP contribution in [0.1, 0.15) is 32.1 Å². The Kier molecular flexibility index (Phi) is 5.84. The molecule has 0 saturated carbocycles. The number of rotatable bonds is 2. The molecule has 5 nitrogen and oxygen atoms in total. The lowest BCUT2D eigenvalue weighted by molar-refractivity contribution is -0.141. The lowest BCUT2D eigenvalue weighted by Crippen LogP contribution is -2.50. The summed E-state index contributed by atoms with van der Waals surface area (Å²) in [6, 6.07) is -0.810. The largest absolute Gasteiger partial charge is 0.342 e. The number of hydrogen-bond acceptors (Lipinski definition) is 3. The van der Waals surface area contributed by atoms with Crippen LogP contribution in [0.4, 0.5) is 8.78 Å². The zero-order valence-corrected chi connectivity index (χ0v) is 13.9. The molecule has 3 aliphatic heterocycles. The third kappa shape index (κ3) is 4.12. The maximum absolute atomic E-state index is 13.2. The van der Waals surface area contributed by atoms with E-state index in [4.69, 9.17) is 0 Å². The Morgan fingerprint density at radius 2 is 1.65 bits per heavy atom. The van der Waals surface area contributed by atoms with E-state index in [1.54, 1.807) is 4.90 Å². The molecule has 8 heteroatoms. The van der Waals surface area contributed by atoms with Crippen LogP contribution in [0.25, 0.3) is 0 Å². The molecule has 3 fully saturated rings. The molecule has 0 aromatic carbocycles. The van der Waals surface area contributed by atoms with E-state index in [9.17, 15) is 18.4 Å². The Morgan fingerprint density at radius 1 is 1.00 bits per heavy atom. The summed E-state index contributed by atoms with van der Waals surface area (Å²) in [7, 11) is 0. The fourth-order valence-electron chi connectivity index (χ4n) is 3.69. The molecule has 3 aliphatic rings. The molecular weight excluding hydrogens is 328 g/mol. The van der Waals surface area contributed by atoms with Gasteiger partial charge in [0, 0.05) is 32.6 Å². The number of carbonyl (C=O) groups is 2. The van der Waals surface area contributed by atoms with Crippen molar-refractivity contribution in [1.29, 1.82) is 0 Å². The fourth-order valence-corrected chi connectivity index (χ4v) is 3.69. The second-order valence-electron chi connectivity index (χ2n) is 6.65. The molecule has 0 spiro atoms. The summed E-state index contributed by atoms with van der Waals surface area (Å²) in [5, 5.41) is 2.61. The van der Waals surface area contributed by atoms with Gasteiger partial charge in [-0.2, -0.15) is 0 Å². The van der Waals surface area contributed by atoms with Gasteiger partial charge in [-0.15, -0.1) is 12.4 Å². The number of alkyl halides is 2. The van der Waals surface area contributed by atoms with Gasteiger partial charge in [-0.3, -0.25) is 14.9 Å². The van der Waals surface area contributed by atoms with Crippen molar-refractivity contribution in [2.75, 3.05) is 32.7 Å². The van der Waals surface area contributed by atoms with Crippen LogP contribution in [0, 0.1) is 5.92 Å². The van der Waals surface area contributed by atoms with Gasteiger partial charge in [0.25, 0.3) is 5.92 Å². The quantitative estimate of drug-likeness (QED) is 0.815. The normalized spacial score (nSPS) is 30.2. The van der Waals surface area contributed by atoms with Gasteiger partial charge in [0.1, 0.15) is 0 Å². The number of halogens is 3. The van der Waals surface area contributed by atoms with E-state index in [0.29, 0.717) is 13.1 Å². The first-order valence-electron chi connectivity index (χ1n) is 8.15. The summed E-state index contributed by atoms with van der Waals surface area (Å²) in [5.74, 6) is -3.13. The molecule has 2 amide bonds. The van der Waals surface area contributed by atoms with Crippen molar-refractivity contribution >= 4 is 24.2 Å².